The molecule has 0 aliphatic carbocycles. The van der Waals surface area contributed by atoms with E-state index in [1.807, 2.05) is 18.2 Å². The molecular weight excluding hydrogens is 280 g/mol. The van der Waals surface area contributed by atoms with Crippen molar-refractivity contribution in [3.05, 3.63) is 30.3 Å². The zero-order valence-corrected chi connectivity index (χ0v) is 12.8. The van der Waals surface area contributed by atoms with Gasteiger partial charge in [0, 0.05) is 51.8 Å². The first-order valence-electron chi connectivity index (χ1n) is 5.07. The summed E-state index contributed by atoms with van der Waals surface area (Å²) >= 11 is 0. The summed E-state index contributed by atoms with van der Waals surface area (Å²) in [6, 6.07) is 11.9. The van der Waals surface area contributed by atoms with Crippen molar-refractivity contribution in [2.45, 2.75) is 18.9 Å². The summed E-state index contributed by atoms with van der Waals surface area (Å²) in [6.07, 6.45) is 2.43. The molecule has 2 rings (SSSR count). The zero-order chi connectivity index (χ0) is 9.80. The predicted molar refractivity (Wildman–Crippen MR) is 63.2 cm³/mol. The van der Waals surface area contributed by atoms with Gasteiger partial charge >= 0.3 is 0 Å². The molecule has 0 bridgehead atoms. The predicted octanol–water partition coefficient (Wildman–Crippen LogP) is 2.15. The van der Waals surface area contributed by atoms with Crippen molar-refractivity contribution in [1.29, 1.82) is 0 Å². The van der Waals surface area contributed by atoms with E-state index in [1.54, 1.807) is 0 Å². The van der Waals surface area contributed by atoms with Crippen LogP contribution >= 0.6 is 9.39 Å². The number of anilines is 1. The number of benzene rings is 1. The fourth-order valence-corrected chi connectivity index (χ4v) is 2.04. The van der Waals surface area contributed by atoms with E-state index in [-0.39, 0.29) is 32.7 Å². The minimum atomic E-state index is 0. The second kappa shape index (κ2) is 6.96. The summed E-state index contributed by atoms with van der Waals surface area (Å²) in [5.41, 5.74) is 1.12. The molecule has 1 fully saturated rings. The number of nitrogens with one attached hydrogen (secondary N) is 1. The summed E-state index contributed by atoms with van der Waals surface area (Å²) in [7, 11) is 2.77. The van der Waals surface area contributed by atoms with Gasteiger partial charge in [0.2, 0.25) is 0 Å². The molecule has 1 unspecified atom stereocenters. The summed E-state index contributed by atoms with van der Waals surface area (Å²) in [6.45, 7) is 2.32. The van der Waals surface area contributed by atoms with Gasteiger partial charge in [0.05, 0.1) is 0 Å². The van der Waals surface area contributed by atoms with Crippen LogP contribution in [-0.4, -0.2) is 23.8 Å². The topological polar surface area (TPSA) is 15.3 Å². The molecule has 1 aromatic rings. The number of para-hydroxylation sites is 1. The average Bonchev–Trinajstić information content (AvgIpc) is 2.23. The molecule has 0 aromatic heterocycles. The first kappa shape index (κ1) is 13.6. The van der Waals surface area contributed by atoms with E-state index in [0.717, 1.165) is 18.8 Å². The van der Waals surface area contributed by atoms with Gasteiger partial charge in [0.15, 0.2) is 0 Å². The van der Waals surface area contributed by atoms with Crippen molar-refractivity contribution < 1.29 is 32.7 Å². The smallest absolute Gasteiger partial charge is 0.0264 e. The molecule has 0 saturated carbocycles. The van der Waals surface area contributed by atoms with Crippen LogP contribution in [0.1, 0.15) is 12.8 Å². The molecule has 1 radical (unpaired) electrons. The van der Waals surface area contributed by atoms with Crippen molar-refractivity contribution in [3.8, 4) is 0 Å². The maximum Gasteiger partial charge on any atom is 0.0264 e. The fraction of sp³-hybridized carbons (Fsp3) is 0.455. The van der Waals surface area contributed by atoms with Gasteiger partial charge in [0.1, 0.15) is 0 Å². The van der Waals surface area contributed by atoms with Gasteiger partial charge in [-0.15, -0.1) is 6.07 Å². The van der Waals surface area contributed by atoms with Crippen LogP contribution in [0.4, 0.5) is 5.69 Å². The molecule has 0 spiro atoms. The monoisotopic (exact) mass is 296 g/mol. The van der Waals surface area contributed by atoms with Gasteiger partial charge in [-0.1, -0.05) is 15.1 Å². The Morgan fingerprint density at radius 3 is 2.67 bits per heavy atom. The molecule has 1 aromatic carbocycles. The molecule has 1 aliphatic rings. The maximum atomic E-state index is 3.51. The Balaban J connectivity index is 0.00000112. The Morgan fingerprint density at radius 2 is 2.07 bits per heavy atom. The summed E-state index contributed by atoms with van der Waals surface area (Å²) in [5, 5.41) is 3.51. The van der Waals surface area contributed by atoms with Gasteiger partial charge in [-0.05, 0) is 12.8 Å². The fourth-order valence-electron chi connectivity index (χ4n) is 1.75. The van der Waals surface area contributed by atoms with Crippen LogP contribution in [0.5, 0.6) is 0 Å². The quantitative estimate of drug-likeness (QED) is 0.664. The Morgan fingerprint density at radius 1 is 1.33 bits per heavy atom. The second-order valence-corrected chi connectivity index (χ2v) is 4.46. The van der Waals surface area contributed by atoms with Crippen LogP contribution in [0.2, 0.25) is 0 Å². The van der Waals surface area contributed by atoms with E-state index >= 15 is 0 Å². The summed E-state index contributed by atoms with van der Waals surface area (Å²) in [5.74, 6) is 0. The molecule has 1 atom stereocenters. The van der Waals surface area contributed by atoms with Crippen molar-refractivity contribution >= 4 is 15.1 Å². The zero-order valence-electron chi connectivity index (χ0n) is 8.82. The van der Waals surface area contributed by atoms with Crippen molar-refractivity contribution in [3.63, 3.8) is 0 Å². The van der Waals surface area contributed by atoms with Crippen molar-refractivity contribution in [1.82, 2.24) is 4.67 Å². The average molecular weight is 296 g/mol. The third kappa shape index (κ3) is 4.48. The normalized spacial score (nSPS) is 18.2. The Kier molecular flexibility index (Phi) is 6.30. The van der Waals surface area contributed by atoms with E-state index in [9.17, 15) is 0 Å². The first-order valence-corrected chi connectivity index (χ1v) is 5.59. The summed E-state index contributed by atoms with van der Waals surface area (Å²) < 4.78 is 2.30. The number of nitrogens with zero attached hydrogens (tertiary/aromatic N) is 1. The summed E-state index contributed by atoms with van der Waals surface area (Å²) in [4.78, 5) is 0. The molecule has 15 heavy (non-hydrogen) atoms. The third-order valence-corrected chi connectivity index (χ3v) is 3.11. The Hall–Kier alpha value is 0.514. The SMILES string of the molecule is PN1CCC(Nc2[c-]cccc2)CC1.[Y]. The molecule has 79 valence electrons. The van der Waals surface area contributed by atoms with Gasteiger partial charge < -0.3 is 5.32 Å². The second-order valence-electron chi connectivity index (χ2n) is 3.73. The molecule has 2 nitrogen and oxygen atoms in total. The number of hydrogen-bond acceptors (Lipinski definition) is 2. The standard InChI is InChI=1S/C11H16N2P.Y/c14-13-8-6-11(7-9-13)12-10-4-2-1-3-5-10;/h1-4,11-12H,6-9,14H2;/q-1;. The molecule has 1 saturated heterocycles. The van der Waals surface area contributed by atoms with Crippen LogP contribution in [0.15, 0.2) is 24.3 Å². The number of piperidine rings is 1. The van der Waals surface area contributed by atoms with Crippen LogP contribution in [0.3, 0.4) is 0 Å². The molecule has 1 heterocycles. The molecular formula is C11H16N2PY-. The Labute approximate surface area is 119 Å². The van der Waals surface area contributed by atoms with Crippen molar-refractivity contribution in [2.24, 2.45) is 0 Å². The van der Waals surface area contributed by atoms with Crippen LogP contribution < -0.4 is 5.32 Å². The van der Waals surface area contributed by atoms with E-state index in [2.05, 4.69) is 31.5 Å². The van der Waals surface area contributed by atoms with Crippen LogP contribution in [-0.2, 0) is 32.7 Å². The van der Waals surface area contributed by atoms with E-state index in [0.29, 0.717) is 6.04 Å². The van der Waals surface area contributed by atoms with E-state index < -0.39 is 0 Å². The van der Waals surface area contributed by atoms with E-state index in [4.69, 9.17) is 0 Å². The number of rotatable bonds is 2. The van der Waals surface area contributed by atoms with Crippen LogP contribution in [0.25, 0.3) is 0 Å². The minimum Gasteiger partial charge on any atom is -0.404 e. The largest absolute Gasteiger partial charge is 0.404 e. The maximum absolute atomic E-state index is 3.51. The molecule has 1 N–H and O–H groups in total. The van der Waals surface area contributed by atoms with Gasteiger partial charge in [-0.25, -0.2) is 0 Å². The minimum absolute atomic E-state index is 0. The van der Waals surface area contributed by atoms with Gasteiger partial charge in [-0.3, -0.25) is 4.67 Å². The molecule has 1 aliphatic heterocycles. The van der Waals surface area contributed by atoms with Crippen molar-refractivity contribution in [2.75, 3.05) is 18.4 Å². The molecule has 4 heteroatoms. The number of hydrogen-bond donors (Lipinski definition) is 1. The Bertz CT molecular complexity index is 273. The van der Waals surface area contributed by atoms with Gasteiger partial charge in [-0.2, -0.15) is 24.3 Å². The van der Waals surface area contributed by atoms with Crippen LogP contribution in [0, 0.1) is 6.07 Å². The first-order chi connectivity index (χ1) is 6.84. The third-order valence-electron chi connectivity index (χ3n) is 2.60. The van der Waals surface area contributed by atoms with E-state index in [1.165, 1.54) is 12.8 Å². The molecule has 0 amide bonds. The van der Waals surface area contributed by atoms with Gasteiger partial charge in [0.25, 0.3) is 0 Å².